The third-order valence-corrected chi connectivity index (χ3v) is 4.35. The molecule has 1 aliphatic rings. The lowest BCUT2D eigenvalue weighted by molar-refractivity contribution is 0.102. The molecule has 1 unspecified atom stereocenters. The van der Waals surface area contributed by atoms with Gasteiger partial charge in [0.2, 0.25) is 0 Å². The predicted molar refractivity (Wildman–Crippen MR) is 107 cm³/mol. The number of nitriles is 1. The average Bonchev–Trinajstić information content (AvgIpc) is 2.69. The number of amidine groups is 1. The third-order valence-electron chi connectivity index (χ3n) is 4.35. The molecule has 0 aliphatic carbocycles. The van der Waals surface area contributed by atoms with Gasteiger partial charge in [0.15, 0.2) is 0 Å². The van der Waals surface area contributed by atoms with Crippen molar-refractivity contribution in [2.24, 2.45) is 10.7 Å². The summed E-state index contributed by atoms with van der Waals surface area (Å²) < 4.78 is 33.8. The summed E-state index contributed by atoms with van der Waals surface area (Å²) in [6.07, 6.45) is 1.38. The van der Waals surface area contributed by atoms with Crippen molar-refractivity contribution in [3.05, 3.63) is 71.0 Å². The van der Waals surface area contributed by atoms with Crippen molar-refractivity contribution in [2.45, 2.75) is 32.0 Å². The summed E-state index contributed by atoms with van der Waals surface area (Å²) in [4.78, 5) is 20.2. The minimum Gasteiger partial charge on any atom is -0.431 e. The van der Waals surface area contributed by atoms with Crippen LogP contribution in [0.15, 0.2) is 53.4 Å². The van der Waals surface area contributed by atoms with E-state index in [4.69, 9.17) is 15.7 Å². The van der Waals surface area contributed by atoms with Crippen LogP contribution in [-0.4, -0.2) is 29.1 Å². The number of anilines is 1. The highest BCUT2D eigenvalue weighted by Crippen LogP contribution is 2.22. The second-order valence-corrected chi connectivity index (χ2v) is 6.76. The van der Waals surface area contributed by atoms with E-state index in [1.54, 1.807) is 13.0 Å². The first-order valence-corrected chi connectivity index (χ1v) is 9.13. The molecule has 0 bridgehead atoms. The highest BCUT2D eigenvalue weighted by Gasteiger charge is 2.20. The molecule has 0 saturated heterocycles. The first-order valence-electron chi connectivity index (χ1n) is 9.13. The molecule has 1 aromatic heterocycles. The number of nitrogens with zero attached hydrogens (tertiary/aromatic N) is 3. The number of halogens is 2. The number of allylic oxidation sites excluding steroid dienone is 1. The Hall–Kier alpha value is -3.80. The number of rotatable bonds is 6. The summed E-state index contributed by atoms with van der Waals surface area (Å²) >= 11 is 0. The highest BCUT2D eigenvalue weighted by molar-refractivity contribution is 6.02. The number of amides is 1. The molecule has 1 amide bonds. The van der Waals surface area contributed by atoms with Gasteiger partial charge in [-0.1, -0.05) is 0 Å². The van der Waals surface area contributed by atoms with Crippen LogP contribution in [0, 0.1) is 17.1 Å². The van der Waals surface area contributed by atoms with Crippen LogP contribution >= 0.6 is 0 Å². The van der Waals surface area contributed by atoms with E-state index in [0.29, 0.717) is 17.0 Å². The van der Waals surface area contributed by atoms with Crippen LogP contribution in [0.25, 0.3) is 0 Å². The van der Waals surface area contributed by atoms with Gasteiger partial charge >= 0.3 is 0 Å². The SMILES string of the molecule is CC1=CC(C[C@@H](F)Cc2cc(NC(=O)c3ccc(C#N)cn3)ccc2F)N=C(N)O1. The molecule has 2 aromatic rings. The summed E-state index contributed by atoms with van der Waals surface area (Å²) in [5, 5.41) is 11.4. The zero-order chi connectivity index (χ0) is 21.7. The molecule has 0 spiro atoms. The van der Waals surface area contributed by atoms with E-state index < -0.39 is 23.9 Å². The quantitative estimate of drug-likeness (QED) is 0.758. The van der Waals surface area contributed by atoms with Crippen LogP contribution in [0.4, 0.5) is 14.5 Å². The van der Waals surface area contributed by atoms with E-state index >= 15 is 0 Å². The lowest BCUT2D eigenvalue weighted by Gasteiger charge is -2.18. The molecule has 3 N–H and O–H groups in total. The van der Waals surface area contributed by atoms with Crippen molar-refractivity contribution < 1.29 is 18.3 Å². The largest absolute Gasteiger partial charge is 0.431 e. The minimum absolute atomic E-state index is 0.0204. The maximum absolute atomic E-state index is 14.6. The highest BCUT2D eigenvalue weighted by atomic mass is 19.1. The van der Waals surface area contributed by atoms with E-state index in [0.717, 1.165) is 0 Å². The number of aromatic nitrogens is 1. The van der Waals surface area contributed by atoms with Crippen molar-refractivity contribution in [2.75, 3.05) is 5.32 Å². The first kappa shape index (κ1) is 20.9. The number of alkyl halides is 1. The fourth-order valence-corrected chi connectivity index (χ4v) is 3.00. The molecule has 30 heavy (non-hydrogen) atoms. The normalized spacial score (nSPS) is 16.5. The smallest absolute Gasteiger partial charge is 0.287 e. The molecule has 0 saturated carbocycles. The number of aliphatic imine (C=N–C) groups is 1. The number of pyridine rings is 1. The van der Waals surface area contributed by atoms with E-state index in [1.165, 1.54) is 36.5 Å². The molecule has 3 rings (SSSR count). The van der Waals surface area contributed by atoms with E-state index in [-0.39, 0.29) is 30.1 Å². The second kappa shape index (κ2) is 9.13. The van der Waals surface area contributed by atoms with Crippen molar-refractivity contribution in [1.82, 2.24) is 4.98 Å². The van der Waals surface area contributed by atoms with E-state index in [2.05, 4.69) is 15.3 Å². The molecule has 154 valence electrons. The van der Waals surface area contributed by atoms with Crippen LogP contribution in [0.1, 0.15) is 35.0 Å². The predicted octanol–water partition coefficient (Wildman–Crippen LogP) is 3.23. The molecular weight excluding hydrogens is 392 g/mol. The molecule has 1 aliphatic heterocycles. The molecule has 1 aromatic carbocycles. The number of nitrogens with one attached hydrogen (secondary N) is 1. The number of nitrogens with two attached hydrogens (primary N) is 1. The molecule has 0 fully saturated rings. The van der Waals surface area contributed by atoms with Gasteiger partial charge in [-0.25, -0.2) is 18.8 Å². The average molecular weight is 411 g/mol. The number of hydrogen-bond donors (Lipinski definition) is 2. The van der Waals surface area contributed by atoms with Gasteiger partial charge in [-0.15, -0.1) is 0 Å². The Morgan fingerprint density at radius 2 is 2.20 bits per heavy atom. The standard InChI is InChI=1S/C21H19F2N5O2/c1-12-6-17(28-21(25)30-12)9-15(22)7-14-8-16(3-4-18(14)23)27-20(29)19-5-2-13(10-24)11-26-19/h2-6,8,11,15,17H,7,9H2,1H3,(H2,25,28)(H,27,29)/t15-,17?/m0/s1. The molecule has 2 heterocycles. The van der Waals surface area contributed by atoms with E-state index in [9.17, 15) is 13.6 Å². The van der Waals surface area contributed by atoms with Crippen molar-refractivity contribution in [3.63, 3.8) is 0 Å². The van der Waals surface area contributed by atoms with Gasteiger partial charge in [0.05, 0.1) is 11.6 Å². The van der Waals surface area contributed by atoms with Gasteiger partial charge in [0.25, 0.3) is 11.9 Å². The van der Waals surface area contributed by atoms with Gasteiger partial charge in [-0.3, -0.25) is 4.79 Å². The fourth-order valence-electron chi connectivity index (χ4n) is 3.00. The van der Waals surface area contributed by atoms with Gasteiger partial charge in [-0.2, -0.15) is 5.26 Å². The van der Waals surface area contributed by atoms with Gasteiger partial charge < -0.3 is 15.8 Å². The Bertz CT molecular complexity index is 1030. The fraction of sp³-hybridized carbons (Fsp3) is 0.238. The van der Waals surface area contributed by atoms with Crippen LogP contribution in [0.2, 0.25) is 0 Å². The Labute approximate surface area is 171 Å². The van der Waals surface area contributed by atoms with Gasteiger partial charge in [-0.05, 0) is 48.9 Å². The monoisotopic (exact) mass is 411 g/mol. The number of carbonyl (C=O) groups excluding carboxylic acids is 1. The Balaban J connectivity index is 1.66. The first-order chi connectivity index (χ1) is 14.3. The maximum atomic E-state index is 14.6. The van der Waals surface area contributed by atoms with Crippen molar-refractivity contribution in [1.29, 1.82) is 5.26 Å². The lowest BCUT2D eigenvalue weighted by Crippen LogP contribution is -2.25. The number of carbonyl (C=O) groups is 1. The van der Waals surface area contributed by atoms with Gasteiger partial charge in [0, 0.05) is 24.7 Å². The lowest BCUT2D eigenvalue weighted by atomic mass is 10.0. The third kappa shape index (κ3) is 5.38. The van der Waals surface area contributed by atoms with Crippen LogP contribution in [0.5, 0.6) is 0 Å². The summed E-state index contributed by atoms with van der Waals surface area (Å²) in [5.74, 6) is -0.567. The summed E-state index contributed by atoms with van der Waals surface area (Å²) in [6.45, 7) is 1.69. The van der Waals surface area contributed by atoms with Crippen LogP contribution < -0.4 is 11.1 Å². The number of ether oxygens (including phenoxy) is 1. The van der Waals surface area contributed by atoms with Crippen LogP contribution in [-0.2, 0) is 11.2 Å². The number of hydrogen-bond acceptors (Lipinski definition) is 6. The Kier molecular flexibility index (Phi) is 6.37. The zero-order valence-corrected chi connectivity index (χ0v) is 16.1. The zero-order valence-electron chi connectivity index (χ0n) is 16.1. The molecule has 2 atom stereocenters. The maximum Gasteiger partial charge on any atom is 0.287 e. The van der Waals surface area contributed by atoms with Crippen LogP contribution in [0.3, 0.4) is 0 Å². The minimum atomic E-state index is -1.38. The molecular formula is C21H19F2N5O2. The number of benzene rings is 1. The van der Waals surface area contributed by atoms with Gasteiger partial charge in [0.1, 0.15) is 29.5 Å². The van der Waals surface area contributed by atoms with Crippen molar-refractivity contribution in [3.8, 4) is 6.07 Å². The molecule has 7 nitrogen and oxygen atoms in total. The Morgan fingerprint density at radius 1 is 1.40 bits per heavy atom. The van der Waals surface area contributed by atoms with Crippen molar-refractivity contribution >= 4 is 17.6 Å². The topological polar surface area (TPSA) is 113 Å². The summed E-state index contributed by atoms with van der Waals surface area (Å²) in [6, 6.07) is 8.20. The summed E-state index contributed by atoms with van der Waals surface area (Å²) in [7, 11) is 0. The summed E-state index contributed by atoms with van der Waals surface area (Å²) in [5.41, 5.74) is 6.39. The van der Waals surface area contributed by atoms with E-state index in [1.807, 2.05) is 6.07 Å². The Morgan fingerprint density at radius 3 is 2.87 bits per heavy atom. The second-order valence-electron chi connectivity index (χ2n) is 6.76. The molecule has 0 radical (unpaired) electrons. The molecule has 9 heteroatoms.